The minimum Gasteiger partial charge on any atom is -0.354 e. The van der Waals surface area contributed by atoms with E-state index in [0.717, 1.165) is 17.7 Å². The number of hydrogen-bond donors (Lipinski definition) is 1. The van der Waals surface area contributed by atoms with Gasteiger partial charge in [0.15, 0.2) is 0 Å². The summed E-state index contributed by atoms with van der Waals surface area (Å²) >= 11 is 0. The van der Waals surface area contributed by atoms with Gasteiger partial charge >= 0.3 is 6.18 Å². The van der Waals surface area contributed by atoms with Crippen molar-refractivity contribution in [2.45, 2.75) is 57.8 Å². The molecule has 42 heavy (non-hydrogen) atoms. The number of amides is 2. The zero-order valence-corrected chi connectivity index (χ0v) is 24.9. The van der Waals surface area contributed by atoms with E-state index in [9.17, 15) is 31.2 Å². The number of halogens is 3. The molecule has 226 valence electrons. The monoisotopic (exact) mass is 603 g/mol. The number of sulfonamides is 1. The number of carbonyl (C=O) groups is 2. The SMILES string of the molecule is CC[C@H](C(=O)NCC(C)C)N(Cc1ccc(C)cc1)C(=O)CN(c1cccc(C(F)(F)F)c1)S(=O)(=O)c1ccccc1. The van der Waals surface area contributed by atoms with E-state index < -0.39 is 46.2 Å². The number of nitrogens with one attached hydrogen (secondary N) is 1. The zero-order valence-electron chi connectivity index (χ0n) is 24.1. The van der Waals surface area contributed by atoms with Crippen molar-refractivity contribution in [3.8, 4) is 0 Å². The molecule has 3 rings (SSSR count). The molecule has 0 aromatic heterocycles. The smallest absolute Gasteiger partial charge is 0.354 e. The Morgan fingerprint density at radius 2 is 1.57 bits per heavy atom. The molecule has 7 nitrogen and oxygen atoms in total. The highest BCUT2D eigenvalue weighted by Crippen LogP contribution is 2.33. The van der Waals surface area contributed by atoms with Crippen LogP contribution in [0.1, 0.15) is 43.9 Å². The maximum absolute atomic E-state index is 14.0. The molecule has 3 aromatic carbocycles. The van der Waals surface area contributed by atoms with E-state index in [-0.39, 0.29) is 29.5 Å². The van der Waals surface area contributed by atoms with Gasteiger partial charge in [-0.25, -0.2) is 8.42 Å². The summed E-state index contributed by atoms with van der Waals surface area (Å²) in [5.41, 5.74) is 0.315. The van der Waals surface area contributed by atoms with E-state index in [1.165, 1.54) is 35.2 Å². The van der Waals surface area contributed by atoms with Crippen LogP contribution in [0.3, 0.4) is 0 Å². The Bertz CT molecular complexity index is 1460. The molecule has 0 heterocycles. The highest BCUT2D eigenvalue weighted by molar-refractivity contribution is 7.92. The fraction of sp³-hybridized carbons (Fsp3) is 0.355. The van der Waals surface area contributed by atoms with Crippen LogP contribution in [0, 0.1) is 12.8 Å². The molecule has 0 saturated carbocycles. The van der Waals surface area contributed by atoms with Crippen LogP contribution in [-0.2, 0) is 32.3 Å². The van der Waals surface area contributed by atoms with E-state index in [1.807, 2.05) is 32.9 Å². The van der Waals surface area contributed by atoms with Gasteiger partial charge in [0.1, 0.15) is 12.6 Å². The van der Waals surface area contributed by atoms with Gasteiger partial charge in [0.05, 0.1) is 16.1 Å². The van der Waals surface area contributed by atoms with E-state index in [0.29, 0.717) is 22.5 Å². The molecule has 3 aromatic rings. The van der Waals surface area contributed by atoms with Gasteiger partial charge in [-0.2, -0.15) is 13.2 Å². The van der Waals surface area contributed by atoms with Gasteiger partial charge in [-0.1, -0.05) is 74.9 Å². The molecule has 0 bridgehead atoms. The maximum atomic E-state index is 14.0. The number of alkyl halides is 3. The Balaban J connectivity index is 2.09. The summed E-state index contributed by atoms with van der Waals surface area (Å²) in [5.74, 6) is -0.984. The molecule has 0 unspecified atom stereocenters. The lowest BCUT2D eigenvalue weighted by atomic mass is 10.1. The quantitative estimate of drug-likeness (QED) is 0.284. The average molecular weight is 604 g/mol. The lowest BCUT2D eigenvalue weighted by Crippen LogP contribution is -2.52. The summed E-state index contributed by atoms with van der Waals surface area (Å²) in [6.07, 6.45) is -4.50. The van der Waals surface area contributed by atoms with Crippen molar-refractivity contribution in [1.29, 1.82) is 0 Å². The van der Waals surface area contributed by atoms with Gasteiger partial charge in [0, 0.05) is 13.1 Å². The van der Waals surface area contributed by atoms with E-state index in [4.69, 9.17) is 0 Å². The second kappa shape index (κ2) is 13.9. The molecule has 2 amide bonds. The molecule has 0 spiro atoms. The Labute approximate surface area is 245 Å². The first-order chi connectivity index (χ1) is 19.7. The largest absolute Gasteiger partial charge is 0.416 e. The number of benzene rings is 3. The van der Waals surface area contributed by atoms with Gasteiger partial charge in [0.2, 0.25) is 11.8 Å². The van der Waals surface area contributed by atoms with Crippen LogP contribution in [0.2, 0.25) is 0 Å². The predicted molar refractivity (Wildman–Crippen MR) is 156 cm³/mol. The van der Waals surface area contributed by atoms with E-state index >= 15 is 0 Å². The Morgan fingerprint density at radius 1 is 0.929 bits per heavy atom. The number of hydrogen-bond acceptors (Lipinski definition) is 4. The molecule has 0 aliphatic heterocycles. The van der Waals surface area contributed by atoms with Crippen LogP contribution in [0.15, 0.2) is 83.8 Å². The fourth-order valence-electron chi connectivity index (χ4n) is 4.32. The van der Waals surface area contributed by atoms with Gasteiger partial charge < -0.3 is 10.2 Å². The van der Waals surface area contributed by atoms with E-state index in [1.54, 1.807) is 25.1 Å². The maximum Gasteiger partial charge on any atom is 0.416 e. The Morgan fingerprint density at radius 3 is 2.14 bits per heavy atom. The molecular formula is C31H36F3N3O4S. The van der Waals surface area contributed by atoms with Crippen LogP contribution in [0.5, 0.6) is 0 Å². The standard InChI is InChI=1S/C31H36F3N3O4S/c1-5-28(30(39)35-19-22(2)3)36(20-24-16-14-23(4)15-17-24)29(38)21-37(42(40,41)27-12-7-6-8-13-27)26-11-9-10-25(18-26)31(32,33)34/h6-18,22,28H,5,19-21H2,1-4H3,(H,35,39)/t28-/m1/s1. The molecule has 0 aliphatic carbocycles. The van der Waals surface area contributed by atoms with Crippen molar-refractivity contribution in [1.82, 2.24) is 10.2 Å². The van der Waals surface area contributed by atoms with Crippen LogP contribution in [0.25, 0.3) is 0 Å². The van der Waals surface area contributed by atoms with Crippen LogP contribution in [0.4, 0.5) is 18.9 Å². The van der Waals surface area contributed by atoms with Gasteiger partial charge in [-0.05, 0) is 55.2 Å². The molecule has 0 fully saturated rings. The zero-order chi connectivity index (χ0) is 31.1. The number of carbonyl (C=O) groups excluding carboxylic acids is 2. The van der Waals surface area contributed by atoms with Crippen molar-refractivity contribution >= 4 is 27.5 Å². The lowest BCUT2D eigenvalue weighted by Gasteiger charge is -2.33. The van der Waals surface area contributed by atoms with Crippen molar-refractivity contribution in [2.75, 3.05) is 17.4 Å². The van der Waals surface area contributed by atoms with Crippen LogP contribution < -0.4 is 9.62 Å². The predicted octanol–water partition coefficient (Wildman–Crippen LogP) is 5.79. The van der Waals surface area contributed by atoms with Crippen molar-refractivity contribution in [3.63, 3.8) is 0 Å². The first kappa shape index (κ1) is 32.7. The average Bonchev–Trinajstić information content (AvgIpc) is 2.95. The highest BCUT2D eigenvalue weighted by atomic mass is 32.2. The minimum absolute atomic E-state index is 0.00542. The minimum atomic E-state index is -4.73. The topological polar surface area (TPSA) is 86.8 Å². The number of anilines is 1. The second-order valence-electron chi connectivity index (χ2n) is 10.4. The van der Waals surface area contributed by atoms with Crippen molar-refractivity contribution < 1.29 is 31.2 Å². The summed E-state index contributed by atoms with van der Waals surface area (Å²) in [6.45, 7) is 7.05. The first-order valence-corrected chi connectivity index (χ1v) is 15.1. The van der Waals surface area contributed by atoms with Crippen LogP contribution in [-0.4, -0.2) is 44.3 Å². The third kappa shape index (κ3) is 8.34. The molecule has 11 heteroatoms. The molecule has 1 atom stereocenters. The Hall–Kier alpha value is -3.86. The number of rotatable bonds is 12. The fourth-order valence-corrected chi connectivity index (χ4v) is 5.75. The number of aryl methyl sites for hydroxylation is 1. The normalized spacial score (nSPS) is 12.6. The third-order valence-corrected chi connectivity index (χ3v) is 8.40. The Kier molecular flexibility index (Phi) is 10.8. The molecule has 0 radical (unpaired) electrons. The van der Waals surface area contributed by atoms with Crippen molar-refractivity contribution in [3.05, 3.63) is 95.6 Å². The summed E-state index contributed by atoms with van der Waals surface area (Å²) in [7, 11) is -4.48. The van der Waals surface area contributed by atoms with Crippen LogP contribution >= 0.6 is 0 Å². The molecule has 0 saturated heterocycles. The third-order valence-electron chi connectivity index (χ3n) is 6.62. The number of nitrogens with zero attached hydrogens (tertiary/aromatic N) is 2. The summed E-state index contributed by atoms with van der Waals surface area (Å²) in [6, 6.07) is 17.4. The summed E-state index contributed by atoms with van der Waals surface area (Å²) < 4.78 is 69.0. The summed E-state index contributed by atoms with van der Waals surface area (Å²) in [5, 5.41) is 2.84. The van der Waals surface area contributed by atoms with Gasteiger partial charge in [0.25, 0.3) is 10.0 Å². The molecular weight excluding hydrogens is 567 g/mol. The molecule has 0 aliphatic rings. The second-order valence-corrected chi connectivity index (χ2v) is 12.3. The highest BCUT2D eigenvalue weighted by Gasteiger charge is 2.36. The lowest BCUT2D eigenvalue weighted by molar-refractivity contribution is -0.140. The first-order valence-electron chi connectivity index (χ1n) is 13.6. The van der Waals surface area contributed by atoms with Gasteiger partial charge in [-0.15, -0.1) is 0 Å². The summed E-state index contributed by atoms with van der Waals surface area (Å²) in [4.78, 5) is 28.4. The van der Waals surface area contributed by atoms with E-state index in [2.05, 4.69) is 5.32 Å². The molecule has 1 N–H and O–H groups in total. The van der Waals surface area contributed by atoms with Gasteiger partial charge in [-0.3, -0.25) is 13.9 Å². The van der Waals surface area contributed by atoms with Crippen molar-refractivity contribution in [2.24, 2.45) is 5.92 Å².